The highest BCUT2D eigenvalue weighted by molar-refractivity contribution is 5.53. The quantitative estimate of drug-likeness (QED) is 0.295. The zero-order chi connectivity index (χ0) is 16.0. The molecule has 0 aliphatic rings. The van der Waals surface area contributed by atoms with Crippen molar-refractivity contribution in [2.75, 3.05) is 7.11 Å². The Hall–Kier alpha value is -1.16. The molecule has 0 aromatic carbocycles. The Morgan fingerprint density at radius 2 is 1.64 bits per heavy atom. The molecule has 1 rings (SSSR count). The van der Waals surface area contributed by atoms with Gasteiger partial charge in [-0.05, 0) is 12.8 Å². The monoisotopic (exact) mass is 309 g/mol. The maximum Gasteiger partial charge on any atom is 0.258 e. The lowest BCUT2D eigenvalue weighted by molar-refractivity contribution is -0.697. The molecule has 0 aliphatic heterocycles. The average Bonchev–Trinajstić information content (AvgIpc) is 2.99. The minimum atomic E-state index is -0.506. The van der Waals surface area contributed by atoms with Crippen LogP contribution >= 0.6 is 0 Å². The van der Waals surface area contributed by atoms with Gasteiger partial charge in [0.15, 0.2) is 6.29 Å². The average molecular weight is 309 g/mol. The maximum absolute atomic E-state index is 10.8. The highest BCUT2D eigenvalue weighted by Gasteiger charge is 2.14. The molecule has 1 heterocycles. The standard InChI is InChI=1S/C18H33N2O2/c1-3-4-5-6-7-8-9-10-11-12-13-19-14-15-20(17-19)18(16-21)22-2/h14-18H,3-13H2,1-2H3/q+1. The van der Waals surface area contributed by atoms with E-state index in [1.54, 1.807) is 11.7 Å². The number of unbranched alkanes of at least 4 members (excludes halogenated alkanes) is 9. The molecule has 0 fully saturated rings. The summed E-state index contributed by atoms with van der Waals surface area (Å²) in [6.07, 6.45) is 19.7. The maximum atomic E-state index is 10.8. The van der Waals surface area contributed by atoms with Crippen LogP contribution in [0.3, 0.4) is 0 Å². The number of carbonyl (C=O) groups is 1. The lowest BCUT2D eigenvalue weighted by atomic mass is 10.1. The first-order valence-corrected chi connectivity index (χ1v) is 8.86. The van der Waals surface area contributed by atoms with Crippen LogP contribution in [0.15, 0.2) is 18.7 Å². The molecule has 1 unspecified atom stereocenters. The van der Waals surface area contributed by atoms with Crippen molar-refractivity contribution in [3.05, 3.63) is 18.7 Å². The second kappa shape index (κ2) is 12.4. The second-order valence-corrected chi connectivity index (χ2v) is 6.04. The molecule has 0 bridgehead atoms. The van der Waals surface area contributed by atoms with Crippen LogP contribution in [0, 0.1) is 0 Å². The number of aryl methyl sites for hydroxylation is 1. The van der Waals surface area contributed by atoms with Gasteiger partial charge in [-0.3, -0.25) is 4.79 Å². The summed E-state index contributed by atoms with van der Waals surface area (Å²) < 4.78 is 9.01. The Morgan fingerprint density at radius 3 is 2.18 bits per heavy atom. The topological polar surface area (TPSA) is 35.1 Å². The van der Waals surface area contributed by atoms with Gasteiger partial charge in [0.1, 0.15) is 12.4 Å². The predicted octanol–water partition coefficient (Wildman–Crippen LogP) is 4.04. The Morgan fingerprint density at radius 1 is 1.05 bits per heavy atom. The molecule has 0 aliphatic carbocycles. The van der Waals surface area contributed by atoms with E-state index in [4.69, 9.17) is 4.74 Å². The highest BCUT2D eigenvalue weighted by atomic mass is 16.5. The molecule has 0 saturated heterocycles. The summed E-state index contributed by atoms with van der Waals surface area (Å²) in [5.74, 6) is 0. The first-order chi connectivity index (χ1) is 10.8. The molecule has 0 spiro atoms. The van der Waals surface area contributed by atoms with E-state index in [9.17, 15) is 4.79 Å². The summed E-state index contributed by atoms with van der Waals surface area (Å²) in [6.45, 7) is 3.28. The van der Waals surface area contributed by atoms with Gasteiger partial charge >= 0.3 is 0 Å². The van der Waals surface area contributed by atoms with Crippen LogP contribution < -0.4 is 4.57 Å². The lowest BCUT2D eigenvalue weighted by Crippen LogP contribution is -2.31. The highest BCUT2D eigenvalue weighted by Crippen LogP contribution is 2.10. The van der Waals surface area contributed by atoms with Crippen molar-refractivity contribution >= 4 is 6.29 Å². The Kier molecular flexibility index (Phi) is 10.6. The van der Waals surface area contributed by atoms with Crippen molar-refractivity contribution in [2.45, 2.75) is 83.9 Å². The van der Waals surface area contributed by atoms with Gasteiger partial charge in [0.05, 0.1) is 6.54 Å². The number of hydrogen-bond donors (Lipinski definition) is 0. The van der Waals surface area contributed by atoms with Crippen molar-refractivity contribution in [2.24, 2.45) is 0 Å². The molecule has 1 aromatic rings. The minimum absolute atomic E-state index is 0.506. The van der Waals surface area contributed by atoms with Crippen LogP contribution in [0.4, 0.5) is 0 Å². The first-order valence-electron chi connectivity index (χ1n) is 8.86. The molecule has 1 atom stereocenters. The fourth-order valence-corrected chi connectivity index (χ4v) is 2.72. The molecule has 0 radical (unpaired) electrons. The van der Waals surface area contributed by atoms with Crippen molar-refractivity contribution in [3.63, 3.8) is 0 Å². The minimum Gasteiger partial charge on any atom is -0.337 e. The van der Waals surface area contributed by atoms with Crippen LogP contribution in [-0.4, -0.2) is 18.0 Å². The largest absolute Gasteiger partial charge is 0.337 e. The summed E-state index contributed by atoms with van der Waals surface area (Å²) in [5.41, 5.74) is 0. The van der Waals surface area contributed by atoms with Gasteiger partial charge in [-0.2, -0.15) is 0 Å². The number of imidazole rings is 1. The van der Waals surface area contributed by atoms with Gasteiger partial charge in [0.25, 0.3) is 6.23 Å². The molecule has 1 aromatic heterocycles. The molecule has 0 N–H and O–H groups in total. The van der Waals surface area contributed by atoms with E-state index in [1.807, 2.05) is 18.7 Å². The predicted molar refractivity (Wildman–Crippen MR) is 88.6 cm³/mol. The number of ether oxygens (including phenoxy) is 1. The number of methoxy groups -OCH3 is 1. The molecular weight excluding hydrogens is 276 g/mol. The number of hydrogen-bond acceptors (Lipinski definition) is 2. The smallest absolute Gasteiger partial charge is 0.258 e. The van der Waals surface area contributed by atoms with Gasteiger partial charge in [0.2, 0.25) is 6.33 Å². The number of aldehydes is 1. The molecular formula is C18H33N2O2+. The van der Waals surface area contributed by atoms with E-state index in [-0.39, 0.29) is 0 Å². The van der Waals surface area contributed by atoms with Crippen LogP contribution in [0.5, 0.6) is 0 Å². The van der Waals surface area contributed by atoms with E-state index in [0.717, 1.165) is 12.8 Å². The molecule has 4 heteroatoms. The number of rotatable bonds is 14. The fourth-order valence-electron chi connectivity index (χ4n) is 2.72. The van der Waals surface area contributed by atoms with Crippen molar-refractivity contribution < 1.29 is 14.1 Å². The zero-order valence-corrected chi connectivity index (χ0v) is 14.4. The molecule has 4 nitrogen and oxygen atoms in total. The first kappa shape index (κ1) is 18.9. The lowest BCUT2D eigenvalue weighted by Gasteiger charge is -2.03. The third-order valence-electron chi connectivity index (χ3n) is 4.13. The van der Waals surface area contributed by atoms with Gasteiger partial charge in [0, 0.05) is 7.11 Å². The Bertz CT molecular complexity index is 390. The fraction of sp³-hybridized carbons (Fsp3) is 0.778. The summed E-state index contributed by atoms with van der Waals surface area (Å²) >= 11 is 0. The van der Waals surface area contributed by atoms with Crippen molar-refractivity contribution in [1.82, 2.24) is 4.57 Å². The SMILES string of the molecule is CCCCCCCCCCCC[n+]1ccn(C(C=O)OC)c1. The van der Waals surface area contributed by atoms with E-state index in [1.165, 1.54) is 64.2 Å². The van der Waals surface area contributed by atoms with E-state index in [0.29, 0.717) is 0 Å². The summed E-state index contributed by atoms with van der Waals surface area (Å²) in [6, 6.07) is 0. The number of carbonyl (C=O) groups excluding carboxylic acids is 1. The summed E-state index contributed by atoms with van der Waals surface area (Å²) in [5, 5.41) is 0. The van der Waals surface area contributed by atoms with E-state index in [2.05, 4.69) is 11.5 Å². The van der Waals surface area contributed by atoms with Crippen molar-refractivity contribution in [3.8, 4) is 0 Å². The van der Waals surface area contributed by atoms with Gasteiger partial charge in [-0.1, -0.05) is 58.3 Å². The third-order valence-corrected chi connectivity index (χ3v) is 4.13. The van der Waals surface area contributed by atoms with Crippen LogP contribution in [-0.2, 0) is 16.1 Å². The van der Waals surface area contributed by atoms with Gasteiger partial charge in [-0.15, -0.1) is 0 Å². The molecule has 126 valence electrons. The second-order valence-electron chi connectivity index (χ2n) is 6.04. The van der Waals surface area contributed by atoms with Crippen LogP contribution in [0.25, 0.3) is 0 Å². The molecule has 0 amide bonds. The van der Waals surface area contributed by atoms with Gasteiger partial charge < -0.3 is 4.74 Å². The zero-order valence-electron chi connectivity index (χ0n) is 14.4. The van der Waals surface area contributed by atoms with Crippen LogP contribution in [0.2, 0.25) is 0 Å². The molecule has 0 saturated carbocycles. The van der Waals surface area contributed by atoms with Crippen molar-refractivity contribution in [1.29, 1.82) is 0 Å². The third kappa shape index (κ3) is 7.74. The summed E-state index contributed by atoms with van der Waals surface area (Å²) in [4.78, 5) is 10.8. The van der Waals surface area contributed by atoms with E-state index < -0.39 is 6.23 Å². The Balaban J connectivity index is 2.02. The number of nitrogens with zero attached hydrogens (tertiary/aromatic N) is 2. The molecule has 22 heavy (non-hydrogen) atoms. The van der Waals surface area contributed by atoms with Crippen LogP contribution in [0.1, 0.15) is 77.4 Å². The van der Waals surface area contributed by atoms with Gasteiger partial charge in [-0.25, -0.2) is 9.13 Å². The summed E-state index contributed by atoms with van der Waals surface area (Å²) in [7, 11) is 1.55. The Labute approximate surface area is 135 Å². The normalized spacial score (nSPS) is 12.5. The number of aromatic nitrogens is 2. The van der Waals surface area contributed by atoms with E-state index >= 15 is 0 Å².